The number of sulfonamides is 2. The molecule has 238 valence electrons. The third-order valence-corrected chi connectivity index (χ3v) is 11.4. The minimum absolute atomic E-state index is 0.00669. The van der Waals surface area contributed by atoms with Crippen LogP contribution in [-0.2, 0) is 24.8 Å². The maximum atomic E-state index is 13.5. The Morgan fingerprint density at radius 2 is 1.91 bits per heavy atom. The summed E-state index contributed by atoms with van der Waals surface area (Å²) in [6.07, 6.45) is -1.32. The lowest BCUT2D eigenvalue weighted by Gasteiger charge is -2.38. The van der Waals surface area contributed by atoms with Gasteiger partial charge >= 0.3 is 6.09 Å². The number of amides is 1. The summed E-state index contributed by atoms with van der Waals surface area (Å²) < 4.78 is 72.5. The molecule has 4 rings (SSSR count). The zero-order valence-corrected chi connectivity index (χ0v) is 27.0. The third kappa shape index (κ3) is 7.79. The molecule has 2 aromatic rings. The number of hydrogen-bond donors (Lipinski definition) is 3. The number of ether oxygens (including phenoxy) is 3. The minimum atomic E-state index is -3.85. The summed E-state index contributed by atoms with van der Waals surface area (Å²) in [6.45, 7) is 2.07. The Hall–Kier alpha value is -2.47. The highest BCUT2D eigenvalue weighted by molar-refractivity contribution is 9.10. The molecule has 2 unspecified atom stereocenters. The highest BCUT2D eigenvalue weighted by Crippen LogP contribution is 2.40. The maximum absolute atomic E-state index is 13.5. The molecule has 3 N–H and O–H groups in total. The van der Waals surface area contributed by atoms with Gasteiger partial charge in [0, 0.05) is 23.6 Å². The lowest BCUT2D eigenvalue weighted by molar-refractivity contribution is -0.0319. The number of aliphatic hydroxyl groups excluding tert-OH is 1. The molecule has 0 saturated carbocycles. The Morgan fingerprint density at radius 1 is 1.19 bits per heavy atom. The predicted octanol–water partition coefficient (Wildman–Crippen LogP) is 2.49. The average molecular weight is 707 g/mol. The average Bonchev–Trinajstić information content (AvgIpc) is 3.38. The smallest absolute Gasteiger partial charge is 0.407 e. The largest absolute Gasteiger partial charge is 0.492 e. The van der Waals surface area contributed by atoms with Crippen LogP contribution in [0.3, 0.4) is 0 Å². The van der Waals surface area contributed by atoms with Crippen molar-refractivity contribution in [1.82, 2.24) is 13.9 Å². The van der Waals surface area contributed by atoms with Gasteiger partial charge in [-0.3, -0.25) is 0 Å². The van der Waals surface area contributed by atoms with Crippen LogP contribution in [0.4, 0.5) is 4.79 Å². The van der Waals surface area contributed by atoms with Crippen molar-refractivity contribution >= 4 is 42.1 Å². The zero-order valence-electron chi connectivity index (χ0n) is 23.8. The number of nitrogens with one attached hydrogen (secondary N) is 1. The molecule has 1 spiro atoms. The van der Waals surface area contributed by atoms with Crippen molar-refractivity contribution in [2.75, 3.05) is 46.5 Å². The van der Waals surface area contributed by atoms with Crippen LogP contribution >= 0.6 is 15.9 Å². The highest BCUT2D eigenvalue weighted by Gasteiger charge is 2.47. The molecule has 16 heteroatoms. The van der Waals surface area contributed by atoms with Gasteiger partial charge in [0.05, 0.1) is 36.3 Å². The predicted molar refractivity (Wildman–Crippen MR) is 159 cm³/mol. The van der Waals surface area contributed by atoms with Crippen LogP contribution in [0.1, 0.15) is 26.2 Å². The van der Waals surface area contributed by atoms with Gasteiger partial charge in [0.25, 0.3) is 0 Å². The fourth-order valence-electron chi connectivity index (χ4n) is 5.30. The Balaban J connectivity index is 1.35. The van der Waals surface area contributed by atoms with E-state index in [1.54, 1.807) is 19.1 Å². The number of halogens is 1. The van der Waals surface area contributed by atoms with Gasteiger partial charge in [0.15, 0.2) is 0 Å². The molecule has 2 aliphatic rings. The second-order valence-electron chi connectivity index (χ2n) is 10.4. The summed E-state index contributed by atoms with van der Waals surface area (Å²) >= 11 is 3.33. The number of hydrogen-bond acceptors (Lipinski definition) is 9. The number of rotatable bonds is 12. The number of aliphatic hydroxyl groups is 1. The van der Waals surface area contributed by atoms with E-state index in [2.05, 4.69) is 20.7 Å². The minimum Gasteiger partial charge on any atom is -0.492 e. The molecule has 2 saturated heterocycles. The molecule has 1 amide bonds. The molecule has 0 aromatic heterocycles. The van der Waals surface area contributed by atoms with Crippen molar-refractivity contribution in [3.05, 3.63) is 46.9 Å². The summed E-state index contributed by atoms with van der Waals surface area (Å²) in [7, 11) is -6.24. The van der Waals surface area contributed by atoms with Gasteiger partial charge in [0.1, 0.15) is 29.1 Å². The quantitative estimate of drug-likeness (QED) is 0.298. The summed E-state index contributed by atoms with van der Waals surface area (Å²) in [5.41, 5.74) is -0.689. The van der Waals surface area contributed by atoms with Crippen LogP contribution < -0.4 is 14.2 Å². The second kappa shape index (κ2) is 13.7. The van der Waals surface area contributed by atoms with E-state index in [1.165, 1.54) is 41.7 Å². The molecule has 43 heavy (non-hydrogen) atoms. The van der Waals surface area contributed by atoms with E-state index in [-0.39, 0.29) is 54.1 Å². The molecule has 0 bridgehead atoms. The van der Waals surface area contributed by atoms with Crippen molar-refractivity contribution in [2.24, 2.45) is 0 Å². The normalized spacial score (nSPS) is 19.7. The molecule has 2 heterocycles. The summed E-state index contributed by atoms with van der Waals surface area (Å²) in [6, 6.07) is 10.0. The van der Waals surface area contributed by atoms with Crippen LogP contribution in [0.2, 0.25) is 0 Å². The molecule has 2 aliphatic heterocycles. The van der Waals surface area contributed by atoms with E-state index in [0.717, 1.165) is 4.90 Å². The van der Waals surface area contributed by atoms with Crippen LogP contribution in [0.15, 0.2) is 56.7 Å². The van der Waals surface area contributed by atoms with E-state index in [0.29, 0.717) is 30.3 Å². The molecule has 2 atom stereocenters. The topological polar surface area (TPSA) is 172 Å². The Morgan fingerprint density at radius 3 is 2.56 bits per heavy atom. The summed E-state index contributed by atoms with van der Waals surface area (Å²) in [5, 5.41) is 20.5. The monoisotopic (exact) mass is 705 g/mol. The first-order valence-corrected chi connectivity index (χ1v) is 17.4. The number of benzene rings is 2. The van der Waals surface area contributed by atoms with Gasteiger partial charge in [-0.2, -0.15) is 4.31 Å². The van der Waals surface area contributed by atoms with E-state index in [9.17, 15) is 31.8 Å². The third-order valence-electron chi connectivity index (χ3n) is 7.57. The first-order chi connectivity index (χ1) is 20.3. The van der Waals surface area contributed by atoms with Crippen LogP contribution in [0.5, 0.6) is 11.5 Å². The molecule has 13 nitrogen and oxygen atoms in total. The Bertz CT molecular complexity index is 1510. The van der Waals surface area contributed by atoms with E-state index < -0.39 is 43.9 Å². The van der Waals surface area contributed by atoms with Gasteiger partial charge < -0.3 is 29.3 Å². The van der Waals surface area contributed by atoms with Gasteiger partial charge in [0.2, 0.25) is 20.0 Å². The fourth-order valence-corrected chi connectivity index (χ4v) is 8.18. The zero-order chi connectivity index (χ0) is 31.4. The van der Waals surface area contributed by atoms with Gasteiger partial charge in [-0.15, -0.1) is 0 Å². The first kappa shape index (κ1) is 33.4. The van der Waals surface area contributed by atoms with Crippen molar-refractivity contribution in [3.8, 4) is 11.5 Å². The second-order valence-corrected chi connectivity index (χ2v) is 15.1. The highest BCUT2D eigenvalue weighted by atomic mass is 79.9. The van der Waals surface area contributed by atoms with Crippen LogP contribution in [-0.4, -0.2) is 107 Å². The molecule has 0 radical (unpaired) electrons. The van der Waals surface area contributed by atoms with E-state index in [4.69, 9.17) is 14.2 Å². The number of carbonyl (C=O) groups is 1. The molecule has 2 fully saturated rings. The van der Waals surface area contributed by atoms with Gasteiger partial charge in [-0.1, -0.05) is 22.0 Å². The van der Waals surface area contributed by atoms with Crippen molar-refractivity contribution in [2.45, 2.75) is 53.7 Å². The SMILES string of the molecule is CCOc1ccc(Br)cc1S(=O)(=O)N1CCC2(CC1)CC(N(CC(O)COc1cccc(S(=O)(=O)NC)c1)C(=O)O)CO2. The standard InChI is InChI=1S/C27H36BrN3O10S2/c1-3-39-24-8-7-19(28)13-25(24)43(37,38)30-11-9-27(10-12-30)15-20(17-41-27)31(26(33)34)16-21(32)18-40-22-5-4-6-23(14-22)42(35,36)29-2/h4-8,13-14,20-21,29,32H,3,9-12,15-18H2,1-2H3,(H,33,34). The van der Waals surface area contributed by atoms with Crippen molar-refractivity contribution < 1.29 is 46.1 Å². The molecular formula is C27H36BrN3O10S2. The van der Waals surface area contributed by atoms with Crippen molar-refractivity contribution in [3.63, 3.8) is 0 Å². The lowest BCUT2D eigenvalue weighted by atomic mass is 9.88. The van der Waals surface area contributed by atoms with Gasteiger partial charge in [-0.05, 0) is 63.6 Å². The Labute approximate surface area is 260 Å². The van der Waals surface area contributed by atoms with E-state index in [1.807, 2.05) is 0 Å². The Kier molecular flexibility index (Phi) is 10.6. The number of piperidine rings is 1. The van der Waals surface area contributed by atoms with Crippen LogP contribution in [0.25, 0.3) is 0 Å². The van der Waals surface area contributed by atoms with Gasteiger partial charge in [-0.25, -0.2) is 26.4 Å². The maximum Gasteiger partial charge on any atom is 0.407 e. The number of nitrogens with zero attached hydrogens (tertiary/aromatic N) is 2. The fraction of sp³-hybridized carbons (Fsp3) is 0.519. The molecular weight excluding hydrogens is 670 g/mol. The molecule has 0 aliphatic carbocycles. The first-order valence-electron chi connectivity index (χ1n) is 13.7. The van der Waals surface area contributed by atoms with Crippen molar-refractivity contribution in [1.29, 1.82) is 0 Å². The van der Waals surface area contributed by atoms with Crippen LogP contribution in [0, 0.1) is 0 Å². The summed E-state index contributed by atoms with van der Waals surface area (Å²) in [4.78, 5) is 13.3. The number of carboxylic acid groups (broad SMARTS) is 1. The van der Waals surface area contributed by atoms with E-state index >= 15 is 0 Å². The summed E-state index contributed by atoms with van der Waals surface area (Å²) in [5.74, 6) is 0.483. The molecule has 2 aromatic carbocycles. The lowest BCUT2D eigenvalue weighted by Crippen LogP contribution is -2.48.